The Bertz CT molecular complexity index is 2290. The van der Waals surface area contributed by atoms with Gasteiger partial charge in [-0.3, -0.25) is 23.7 Å². The number of benzene rings is 2. The minimum Gasteiger partial charge on any atom is -1.00 e. The van der Waals surface area contributed by atoms with Crippen LogP contribution in [-0.4, -0.2) is 85.1 Å². The van der Waals surface area contributed by atoms with Crippen LogP contribution in [0.5, 0.6) is 0 Å². The second-order valence-corrected chi connectivity index (χ2v) is 12.2. The van der Waals surface area contributed by atoms with Crippen molar-refractivity contribution in [1.29, 1.82) is 0 Å². The number of ketones is 2. The average molecular weight is 954 g/mol. The predicted molar refractivity (Wildman–Crippen MR) is 193 cm³/mol. The number of rotatable bonds is 10. The number of aromatic nitrogens is 8. The summed E-state index contributed by atoms with van der Waals surface area (Å²) in [6.07, 6.45) is 3.80. The van der Waals surface area contributed by atoms with Crippen molar-refractivity contribution in [2.75, 3.05) is 0 Å². The molecule has 1 atom stereocenters. The van der Waals surface area contributed by atoms with E-state index in [-0.39, 0.29) is 92.5 Å². The number of aliphatic hydroxyl groups excluding tert-OH is 1. The number of aldehydes is 1. The number of nitrogens with zero attached hydrogens (tertiary/aromatic N) is 8. The number of aliphatic hydroxyl groups is 1. The molecule has 280 valence electrons. The summed E-state index contributed by atoms with van der Waals surface area (Å²) in [6, 6.07) is 6.96. The van der Waals surface area contributed by atoms with Crippen LogP contribution in [0.3, 0.4) is 0 Å². The van der Waals surface area contributed by atoms with Gasteiger partial charge in [0.2, 0.25) is 11.6 Å². The third kappa shape index (κ3) is 9.16. The molecule has 12 nitrogen and oxygen atoms in total. The maximum absolute atomic E-state index is 14.4. The Balaban J connectivity index is 0.000000354. The van der Waals surface area contributed by atoms with Gasteiger partial charge in [-0.05, 0) is 89.0 Å². The molecule has 0 saturated heterocycles. The number of halogens is 7. The molecule has 0 spiro atoms. The average Bonchev–Trinajstić information content (AvgIpc) is 3.89. The van der Waals surface area contributed by atoms with Crippen molar-refractivity contribution in [2.45, 2.75) is 40.0 Å². The summed E-state index contributed by atoms with van der Waals surface area (Å²) in [5.41, 5.74) is 0.0765. The first-order valence-corrected chi connectivity index (χ1v) is 16.6. The van der Waals surface area contributed by atoms with Crippen molar-refractivity contribution in [3.63, 3.8) is 0 Å². The monoisotopic (exact) mass is 950 g/mol. The fourth-order valence-corrected chi connectivity index (χ4v) is 6.29. The van der Waals surface area contributed by atoms with Gasteiger partial charge in [-0.2, -0.15) is 20.4 Å². The van der Waals surface area contributed by atoms with E-state index in [9.17, 15) is 37.1 Å². The van der Waals surface area contributed by atoms with Crippen LogP contribution >= 0.6 is 31.9 Å². The molecule has 0 radical (unpaired) electrons. The van der Waals surface area contributed by atoms with Crippen molar-refractivity contribution < 1.29 is 54.0 Å². The Morgan fingerprint density at radius 2 is 1.19 bits per heavy atom. The summed E-state index contributed by atoms with van der Waals surface area (Å²) >= 11 is 6.55. The Morgan fingerprint density at radius 1 is 0.759 bits per heavy atom. The van der Waals surface area contributed by atoms with Crippen LogP contribution in [0.1, 0.15) is 74.9 Å². The van der Waals surface area contributed by atoms with E-state index >= 15 is 0 Å². The zero-order valence-electron chi connectivity index (χ0n) is 28.9. The standard InChI is InChI=1S/C17H15BrF2N4O2.C16H11BrF2N4O2.CH3.BrH.Mg/c1-3-23-17(18)12(7-21-23)16(26)15-13(20)8-22-24(15)14-5-4-10(19)6-11(14)9(2)25;1-2-22-16(17)11(6-20-22)15(25)14-12(19)7-21-23(14)13-4-3-10(18)5-9(13)8-24;;;/h4-9,25H,3H2,1-2H3;3-8H,2H2,1H3;1H3;1H;/q;;-1;;+2/p-1. The van der Waals surface area contributed by atoms with E-state index in [0.29, 0.717) is 28.6 Å². The van der Waals surface area contributed by atoms with Gasteiger partial charge >= 0.3 is 23.1 Å². The molecule has 20 heteroatoms. The van der Waals surface area contributed by atoms with Crippen molar-refractivity contribution in [1.82, 2.24) is 39.1 Å². The second kappa shape index (κ2) is 19.7. The van der Waals surface area contributed by atoms with Crippen LogP contribution in [0.15, 0.2) is 70.4 Å². The van der Waals surface area contributed by atoms with E-state index < -0.39 is 40.9 Å². The summed E-state index contributed by atoms with van der Waals surface area (Å²) in [4.78, 5) is 36.9. The van der Waals surface area contributed by atoms with E-state index in [1.807, 2.05) is 13.8 Å². The van der Waals surface area contributed by atoms with Gasteiger partial charge in [0.15, 0.2) is 29.3 Å². The van der Waals surface area contributed by atoms with E-state index in [0.717, 1.165) is 46.0 Å². The molecule has 1 unspecified atom stereocenters. The van der Waals surface area contributed by atoms with Crippen molar-refractivity contribution in [3.05, 3.63) is 135 Å². The second-order valence-electron chi connectivity index (χ2n) is 10.7. The summed E-state index contributed by atoms with van der Waals surface area (Å²) in [6.45, 7) is 6.18. The van der Waals surface area contributed by atoms with Crippen LogP contribution in [0, 0.1) is 30.7 Å². The predicted octanol–water partition coefficient (Wildman–Crippen LogP) is 3.66. The minimum atomic E-state index is -1.04. The zero-order chi connectivity index (χ0) is 37.1. The number of carbonyl (C=O) groups is 3. The summed E-state index contributed by atoms with van der Waals surface area (Å²) < 4.78 is 61.5. The van der Waals surface area contributed by atoms with Gasteiger partial charge in [0, 0.05) is 24.2 Å². The van der Waals surface area contributed by atoms with E-state index in [1.165, 1.54) is 36.1 Å². The van der Waals surface area contributed by atoms with Gasteiger partial charge in [0.05, 0.1) is 53.4 Å². The Hall–Kier alpha value is -3.82. The van der Waals surface area contributed by atoms with Crippen LogP contribution in [0.2, 0.25) is 0 Å². The molecule has 0 aliphatic carbocycles. The van der Waals surface area contributed by atoms with Gasteiger partial charge in [0.1, 0.15) is 20.8 Å². The molecule has 6 rings (SSSR count). The largest absolute Gasteiger partial charge is 2.00 e. The summed E-state index contributed by atoms with van der Waals surface area (Å²) in [7, 11) is 0. The van der Waals surface area contributed by atoms with Gasteiger partial charge < -0.3 is 29.5 Å². The third-order valence-corrected chi connectivity index (χ3v) is 9.20. The normalized spacial score (nSPS) is 11.0. The fraction of sp³-hybridized carbons (Fsp3) is 0.176. The first-order valence-electron chi connectivity index (χ1n) is 15.0. The van der Waals surface area contributed by atoms with Crippen molar-refractivity contribution in [3.8, 4) is 11.4 Å². The van der Waals surface area contributed by atoms with E-state index in [2.05, 4.69) is 52.3 Å². The molecule has 0 amide bonds. The first-order chi connectivity index (χ1) is 24.3. The summed E-state index contributed by atoms with van der Waals surface area (Å²) in [5, 5.41) is 25.7. The maximum atomic E-state index is 14.4. The Labute approximate surface area is 349 Å². The van der Waals surface area contributed by atoms with Gasteiger partial charge in [-0.25, -0.2) is 26.9 Å². The molecular weight excluding hydrogens is 924 g/mol. The molecule has 0 aliphatic rings. The van der Waals surface area contributed by atoms with Crippen LogP contribution < -0.4 is 17.0 Å². The van der Waals surface area contributed by atoms with E-state index in [4.69, 9.17) is 0 Å². The molecular formula is C34H29Br3F4MgN8O4. The maximum Gasteiger partial charge on any atom is 2.00 e. The molecule has 0 aliphatic heterocycles. The molecule has 54 heavy (non-hydrogen) atoms. The van der Waals surface area contributed by atoms with Crippen LogP contribution in [-0.2, 0) is 13.1 Å². The van der Waals surface area contributed by atoms with Crippen molar-refractivity contribution in [2.24, 2.45) is 0 Å². The molecule has 0 bridgehead atoms. The fourth-order valence-electron chi connectivity index (χ4n) is 5.04. The van der Waals surface area contributed by atoms with Gasteiger partial charge in [-0.15, -0.1) is 0 Å². The Kier molecular flexibility index (Phi) is 16.9. The molecule has 1 N–H and O–H groups in total. The van der Waals surface area contributed by atoms with Gasteiger partial charge in [0.25, 0.3) is 0 Å². The minimum absolute atomic E-state index is 0. The molecule has 0 fully saturated rings. The number of hydrogen-bond donors (Lipinski definition) is 1. The van der Waals surface area contributed by atoms with Crippen LogP contribution in [0.4, 0.5) is 17.6 Å². The smallest absolute Gasteiger partial charge is 1.00 e. The molecule has 6 aromatic rings. The van der Waals surface area contributed by atoms with Crippen LogP contribution in [0.25, 0.3) is 11.4 Å². The molecule has 0 saturated carbocycles. The molecule has 4 heterocycles. The van der Waals surface area contributed by atoms with Gasteiger partial charge in [-0.1, -0.05) is 0 Å². The quantitative estimate of drug-likeness (QED) is 0.0722. The molecule has 2 aromatic carbocycles. The number of hydrogen-bond acceptors (Lipinski definition) is 8. The third-order valence-electron chi connectivity index (χ3n) is 7.53. The first kappa shape index (κ1) is 46.3. The SMILES string of the molecule is CCn1ncc(C(=O)c2c(F)cnn2-c2ccc(F)cc2C(C)O)c1Br.CCn1ncc(C(=O)c2c(F)cnn2-c2ccc(F)cc2C=O)c1Br.[Br-].[CH3-].[Mg+2]. The van der Waals surface area contributed by atoms with Crippen molar-refractivity contribution >= 4 is 72.8 Å². The number of carbonyl (C=O) groups excluding carboxylic acids is 3. The Morgan fingerprint density at radius 3 is 1.59 bits per heavy atom. The number of aryl methyl sites for hydroxylation is 2. The zero-order valence-corrected chi connectivity index (χ0v) is 35.1. The van der Waals surface area contributed by atoms with E-state index in [1.54, 1.807) is 4.68 Å². The summed E-state index contributed by atoms with van der Waals surface area (Å²) in [5.74, 6) is -4.17. The topological polar surface area (TPSA) is 143 Å². The molecule has 4 aromatic heterocycles.